The topological polar surface area (TPSA) is 21.3 Å². The van der Waals surface area contributed by atoms with Crippen LogP contribution < -0.4 is 10.1 Å². The summed E-state index contributed by atoms with van der Waals surface area (Å²) in [7, 11) is 0. The zero-order chi connectivity index (χ0) is 14.1. The molecule has 0 saturated heterocycles. The summed E-state index contributed by atoms with van der Waals surface area (Å²) in [5.74, 6) is 1.04. The molecule has 0 aliphatic carbocycles. The fraction of sp³-hybridized carbons (Fsp3) is 0.375. The Morgan fingerprint density at radius 2 is 2.25 bits per heavy atom. The first-order valence-electron chi connectivity index (χ1n) is 6.86. The summed E-state index contributed by atoms with van der Waals surface area (Å²) in [5, 5.41) is 3.53. The van der Waals surface area contributed by atoms with E-state index in [0.29, 0.717) is 6.04 Å². The Morgan fingerprint density at radius 1 is 1.40 bits per heavy atom. The van der Waals surface area contributed by atoms with Gasteiger partial charge in [0.2, 0.25) is 0 Å². The Bertz CT molecular complexity index is 610. The van der Waals surface area contributed by atoms with E-state index in [2.05, 4.69) is 43.4 Å². The molecule has 0 amide bonds. The average Bonchev–Trinajstić information content (AvgIpc) is 3.01. The lowest BCUT2D eigenvalue weighted by molar-refractivity contribution is 0.223. The summed E-state index contributed by atoms with van der Waals surface area (Å²) in [6, 6.07) is 10.7. The molecule has 0 bridgehead atoms. The van der Waals surface area contributed by atoms with Gasteiger partial charge in [0.05, 0.1) is 4.34 Å². The number of benzene rings is 1. The van der Waals surface area contributed by atoms with Gasteiger partial charge >= 0.3 is 0 Å². The van der Waals surface area contributed by atoms with Crippen LogP contribution >= 0.6 is 22.9 Å². The summed E-state index contributed by atoms with van der Waals surface area (Å²) in [4.78, 5) is 1.27. The molecule has 3 rings (SSSR count). The lowest BCUT2D eigenvalue weighted by Crippen LogP contribution is -2.31. The van der Waals surface area contributed by atoms with Crippen molar-refractivity contribution in [2.45, 2.75) is 32.4 Å². The average molecular weight is 308 g/mol. The normalized spacial score (nSPS) is 18.6. The fourth-order valence-electron chi connectivity index (χ4n) is 2.53. The zero-order valence-corrected chi connectivity index (χ0v) is 13.2. The summed E-state index contributed by atoms with van der Waals surface area (Å²) in [5.41, 5.74) is 2.62. The maximum atomic E-state index is 5.97. The standard InChI is InChI=1S/C16H18ClNOS/c1-10-3-4-14-12(7-10)8-13(19-14)9-18-11(2)15-5-6-16(17)20-15/h3-7,11,13,18H,8-9H2,1-2H3. The molecule has 2 nitrogen and oxygen atoms in total. The highest BCUT2D eigenvalue weighted by molar-refractivity contribution is 7.16. The first-order valence-corrected chi connectivity index (χ1v) is 8.06. The van der Waals surface area contributed by atoms with Crippen molar-refractivity contribution in [3.05, 3.63) is 50.7 Å². The molecule has 4 heteroatoms. The summed E-state index contributed by atoms with van der Waals surface area (Å²) in [6.45, 7) is 5.13. The van der Waals surface area contributed by atoms with E-state index >= 15 is 0 Å². The third kappa shape index (κ3) is 3.00. The molecular formula is C16H18ClNOS. The SMILES string of the molecule is Cc1ccc2c(c1)CC(CNC(C)c1ccc(Cl)s1)O2. The van der Waals surface area contributed by atoms with Gasteiger partial charge in [0.1, 0.15) is 11.9 Å². The van der Waals surface area contributed by atoms with E-state index in [-0.39, 0.29) is 6.10 Å². The van der Waals surface area contributed by atoms with Gasteiger partial charge in [-0.2, -0.15) is 0 Å². The molecule has 2 unspecified atom stereocenters. The van der Waals surface area contributed by atoms with Crippen molar-refractivity contribution in [3.63, 3.8) is 0 Å². The summed E-state index contributed by atoms with van der Waals surface area (Å²) >= 11 is 7.60. The first-order chi connectivity index (χ1) is 9.61. The first kappa shape index (κ1) is 13.9. The van der Waals surface area contributed by atoms with Crippen LogP contribution in [-0.2, 0) is 6.42 Å². The van der Waals surface area contributed by atoms with Crippen LogP contribution in [0.4, 0.5) is 0 Å². The maximum absolute atomic E-state index is 5.97. The highest BCUT2D eigenvalue weighted by Gasteiger charge is 2.23. The minimum absolute atomic E-state index is 0.227. The number of nitrogens with one attached hydrogen (secondary N) is 1. The largest absolute Gasteiger partial charge is 0.488 e. The fourth-order valence-corrected chi connectivity index (χ4v) is 3.62. The van der Waals surface area contributed by atoms with E-state index in [1.54, 1.807) is 11.3 Å². The van der Waals surface area contributed by atoms with Crippen LogP contribution in [-0.4, -0.2) is 12.6 Å². The Hall–Kier alpha value is -1.03. The molecule has 2 heterocycles. The predicted molar refractivity (Wildman–Crippen MR) is 85.0 cm³/mol. The van der Waals surface area contributed by atoms with E-state index in [1.807, 2.05) is 6.07 Å². The van der Waals surface area contributed by atoms with Crippen LogP contribution in [0, 0.1) is 6.92 Å². The molecule has 0 fully saturated rings. The third-order valence-corrected chi connectivity index (χ3v) is 5.04. The molecule has 1 aromatic heterocycles. The molecule has 1 aliphatic rings. The van der Waals surface area contributed by atoms with Crippen LogP contribution in [0.2, 0.25) is 4.34 Å². The predicted octanol–water partition coefficient (Wildman–Crippen LogP) is 4.36. The maximum Gasteiger partial charge on any atom is 0.123 e. The van der Waals surface area contributed by atoms with Crippen molar-refractivity contribution < 1.29 is 4.74 Å². The van der Waals surface area contributed by atoms with Gasteiger partial charge in [0.25, 0.3) is 0 Å². The highest BCUT2D eigenvalue weighted by atomic mass is 35.5. The number of thiophene rings is 1. The quantitative estimate of drug-likeness (QED) is 0.906. The van der Waals surface area contributed by atoms with Crippen LogP contribution in [0.25, 0.3) is 0 Å². The number of aryl methyl sites for hydroxylation is 1. The number of hydrogen-bond donors (Lipinski definition) is 1. The Morgan fingerprint density at radius 3 is 3.00 bits per heavy atom. The van der Waals surface area contributed by atoms with Crippen molar-refractivity contribution in [1.29, 1.82) is 0 Å². The van der Waals surface area contributed by atoms with Crippen LogP contribution in [0.3, 0.4) is 0 Å². The molecule has 106 valence electrons. The van der Waals surface area contributed by atoms with Gasteiger partial charge in [-0.05, 0) is 37.6 Å². The van der Waals surface area contributed by atoms with E-state index in [9.17, 15) is 0 Å². The van der Waals surface area contributed by atoms with E-state index in [1.165, 1.54) is 16.0 Å². The van der Waals surface area contributed by atoms with Crippen molar-refractivity contribution in [1.82, 2.24) is 5.32 Å². The van der Waals surface area contributed by atoms with Crippen molar-refractivity contribution in [3.8, 4) is 5.75 Å². The lowest BCUT2D eigenvalue weighted by atomic mass is 10.1. The van der Waals surface area contributed by atoms with Crippen molar-refractivity contribution in [2.75, 3.05) is 6.54 Å². The molecule has 0 spiro atoms. The Kier molecular flexibility index (Phi) is 4.01. The molecular weight excluding hydrogens is 290 g/mol. The summed E-state index contributed by atoms with van der Waals surface area (Å²) in [6.07, 6.45) is 1.21. The number of fused-ring (bicyclic) bond motifs is 1. The minimum atomic E-state index is 0.227. The van der Waals surface area contributed by atoms with Gasteiger partial charge in [-0.15, -0.1) is 11.3 Å². The second-order valence-electron chi connectivity index (χ2n) is 5.33. The van der Waals surface area contributed by atoms with E-state index < -0.39 is 0 Å². The Labute approximate surface area is 128 Å². The molecule has 1 N–H and O–H groups in total. The number of hydrogen-bond acceptors (Lipinski definition) is 3. The molecule has 2 atom stereocenters. The molecule has 20 heavy (non-hydrogen) atoms. The van der Waals surface area contributed by atoms with Crippen LogP contribution in [0.5, 0.6) is 5.75 Å². The number of rotatable bonds is 4. The second-order valence-corrected chi connectivity index (χ2v) is 7.07. The van der Waals surface area contributed by atoms with Crippen molar-refractivity contribution in [2.24, 2.45) is 0 Å². The Balaban J connectivity index is 1.56. The summed E-state index contributed by atoms with van der Waals surface area (Å²) < 4.78 is 6.81. The smallest absolute Gasteiger partial charge is 0.123 e. The second kappa shape index (κ2) is 5.76. The van der Waals surface area contributed by atoms with Crippen LogP contribution in [0.1, 0.15) is 29.0 Å². The van der Waals surface area contributed by atoms with Gasteiger partial charge in [0.15, 0.2) is 0 Å². The minimum Gasteiger partial charge on any atom is -0.488 e. The number of halogens is 1. The number of ether oxygens (including phenoxy) is 1. The third-order valence-electron chi connectivity index (χ3n) is 3.63. The highest BCUT2D eigenvalue weighted by Crippen LogP contribution is 2.30. The molecule has 2 aromatic rings. The molecule has 0 radical (unpaired) electrons. The van der Waals surface area contributed by atoms with Gasteiger partial charge in [-0.3, -0.25) is 0 Å². The van der Waals surface area contributed by atoms with Crippen LogP contribution in [0.15, 0.2) is 30.3 Å². The molecule has 0 saturated carbocycles. The zero-order valence-electron chi connectivity index (χ0n) is 11.7. The molecule has 1 aromatic carbocycles. The van der Waals surface area contributed by atoms with Gasteiger partial charge in [-0.1, -0.05) is 29.3 Å². The monoisotopic (exact) mass is 307 g/mol. The van der Waals surface area contributed by atoms with Gasteiger partial charge in [-0.25, -0.2) is 0 Å². The van der Waals surface area contributed by atoms with Gasteiger partial charge in [0, 0.05) is 23.9 Å². The lowest BCUT2D eigenvalue weighted by Gasteiger charge is -2.16. The molecule has 1 aliphatic heterocycles. The van der Waals surface area contributed by atoms with Crippen molar-refractivity contribution >= 4 is 22.9 Å². The van der Waals surface area contributed by atoms with E-state index in [4.69, 9.17) is 16.3 Å². The van der Waals surface area contributed by atoms with E-state index in [0.717, 1.165) is 23.1 Å². The van der Waals surface area contributed by atoms with Gasteiger partial charge < -0.3 is 10.1 Å².